The van der Waals surface area contributed by atoms with E-state index in [-0.39, 0.29) is 29.8 Å². The molecular weight excluding hydrogens is 400 g/mol. The molecule has 2 aliphatic heterocycles. The minimum Gasteiger partial charge on any atom is -0.353 e. The quantitative estimate of drug-likeness (QED) is 0.654. The number of rotatable bonds is 6. The van der Waals surface area contributed by atoms with E-state index in [1.54, 1.807) is 0 Å². The van der Waals surface area contributed by atoms with Crippen LogP contribution in [0.15, 0.2) is 54.6 Å². The molecule has 2 heterocycles. The predicted octanol–water partition coefficient (Wildman–Crippen LogP) is 2.75. The van der Waals surface area contributed by atoms with Crippen LogP contribution in [-0.2, 0) is 16.0 Å². The Labute approximate surface area is 190 Å². The van der Waals surface area contributed by atoms with Crippen LogP contribution in [-0.4, -0.2) is 48.4 Å². The molecule has 32 heavy (non-hydrogen) atoms. The molecule has 0 aliphatic carbocycles. The Morgan fingerprint density at radius 2 is 1.78 bits per heavy atom. The lowest BCUT2D eigenvalue weighted by Crippen LogP contribution is -2.48. The summed E-state index contributed by atoms with van der Waals surface area (Å²) in [5.74, 6) is 0.0865. The highest BCUT2D eigenvalue weighted by Gasteiger charge is 2.47. The Morgan fingerprint density at radius 1 is 1.09 bits per heavy atom. The van der Waals surface area contributed by atoms with Crippen LogP contribution in [0.4, 0.5) is 0 Å². The first-order valence-corrected chi connectivity index (χ1v) is 11.6. The second kappa shape index (κ2) is 9.43. The van der Waals surface area contributed by atoms with E-state index < -0.39 is 5.41 Å². The molecule has 2 aliphatic rings. The highest BCUT2D eigenvalue weighted by molar-refractivity contribution is 5.87. The summed E-state index contributed by atoms with van der Waals surface area (Å²) in [6.45, 7) is 7.70. The average molecular weight is 435 g/mol. The van der Waals surface area contributed by atoms with Gasteiger partial charge in [0, 0.05) is 31.7 Å². The number of carbonyl (C=O) groups is 2. The van der Waals surface area contributed by atoms with Gasteiger partial charge >= 0.3 is 0 Å². The van der Waals surface area contributed by atoms with E-state index >= 15 is 0 Å². The van der Waals surface area contributed by atoms with Crippen molar-refractivity contribution in [2.75, 3.05) is 19.6 Å². The van der Waals surface area contributed by atoms with Gasteiger partial charge in [-0.3, -0.25) is 20.4 Å². The number of amides is 2. The molecule has 0 saturated carbocycles. The number of hydrazine groups is 1. The van der Waals surface area contributed by atoms with Gasteiger partial charge in [-0.1, -0.05) is 54.6 Å². The molecule has 0 spiro atoms. The van der Waals surface area contributed by atoms with Gasteiger partial charge in [-0.25, -0.2) is 0 Å². The van der Waals surface area contributed by atoms with Crippen molar-refractivity contribution in [2.45, 2.75) is 45.7 Å². The lowest BCUT2D eigenvalue weighted by atomic mass is 9.79. The summed E-state index contributed by atoms with van der Waals surface area (Å²) >= 11 is 0. The molecule has 3 unspecified atom stereocenters. The summed E-state index contributed by atoms with van der Waals surface area (Å²) in [5, 5.41) is 3.12. The van der Waals surface area contributed by atoms with Crippen molar-refractivity contribution in [3.63, 3.8) is 0 Å². The van der Waals surface area contributed by atoms with Crippen LogP contribution in [0.25, 0.3) is 11.1 Å². The molecule has 6 nitrogen and oxygen atoms in total. The van der Waals surface area contributed by atoms with Gasteiger partial charge in [0.15, 0.2) is 0 Å². The minimum absolute atomic E-state index is 0.0469. The number of nitrogens with one attached hydrogen (secondary N) is 3. The van der Waals surface area contributed by atoms with Crippen molar-refractivity contribution < 1.29 is 9.59 Å². The Morgan fingerprint density at radius 3 is 2.41 bits per heavy atom. The van der Waals surface area contributed by atoms with Gasteiger partial charge in [0.1, 0.15) is 0 Å². The summed E-state index contributed by atoms with van der Waals surface area (Å²) < 4.78 is 0. The van der Waals surface area contributed by atoms with E-state index in [2.05, 4.69) is 52.6 Å². The standard InChI is InChI=1S/C26H34N4O2/c1-18(2)28-25(32)26(13-14-30(17-26)24(31)23-16-27-29-19(23)3)15-20-9-11-22(12-10-20)21-7-5-4-6-8-21/h4-12,18-19,23,27,29H,13-17H2,1-3H3,(H,28,32). The molecule has 2 aromatic rings. The first kappa shape index (κ1) is 22.5. The van der Waals surface area contributed by atoms with E-state index in [4.69, 9.17) is 0 Å². The molecule has 2 amide bonds. The Hall–Kier alpha value is -2.70. The molecule has 2 fully saturated rings. The van der Waals surface area contributed by atoms with E-state index in [0.717, 1.165) is 11.1 Å². The van der Waals surface area contributed by atoms with Crippen LogP contribution in [0.5, 0.6) is 0 Å². The zero-order valence-corrected chi connectivity index (χ0v) is 19.2. The smallest absolute Gasteiger partial charge is 0.228 e. The Bertz CT molecular complexity index is 944. The highest BCUT2D eigenvalue weighted by atomic mass is 16.2. The lowest BCUT2D eigenvalue weighted by molar-refractivity contribution is -0.136. The fourth-order valence-corrected chi connectivity index (χ4v) is 4.87. The Balaban J connectivity index is 1.53. The zero-order valence-electron chi connectivity index (χ0n) is 19.2. The molecule has 4 rings (SSSR count). The molecule has 0 radical (unpaired) electrons. The maximum absolute atomic E-state index is 13.4. The van der Waals surface area contributed by atoms with Crippen molar-refractivity contribution >= 4 is 11.8 Å². The van der Waals surface area contributed by atoms with Gasteiger partial charge in [0.2, 0.25) is 11.8 Å². The van der Waals surface area contributed by atoms with Crippen LogP contribution in [0.1, 0.15) is 32.8 Å². The molecule has 2 saturated heterocycles. The lowest BCUT2D eigenvalue weighted by Gasteiger charge is -2.30. The van der Waals surface area contributed by atoms with Crippen LogP contribution in [0, 0.1) is 11.3 Å². The Kier molecular flexibility index (Phi) is 6.63. The van der Waals surface area contributed by atoms with E-state index in [1.165, 1.54) is 5.56 Å². The van der Waals surface area contributed by atoms with Gasteiger partial charge in [0.25, 0.3) is 0 Å². The monoisotopic (exact) mass is 434 g/mol. The van der Waals surface area contributed by atoms with Gasteiger partial charge in [-0.15, -0.1) is 0 Å². The van der Waals surface area contributed by atoms with Crippen molar-refractivity contribution in [3.8, 4) is 11.1 Å². The summed E-state index contributed by atoms with van der Waals surface area (Å²) in [6, 6.07) is 18.9. The summed E-state index contributed by atoms with van der Waals surface area (Å²) in [4.78, 5) is 28.4. The number of carbonyl (C=O) groups excluding carboxylic acids is 2. The minimum atomic E-state index is -0.600. The van der Waals surface area contributed by atoms with Crippen molar-refractivity contribution in [3.05, 3.63) is 60.2 Å². The number of likely N-dealkylation sites (tertiary alicyclic amines) is 1. The zero-order chi connectivity index (χ0) is 22.7. The molecule has 2 aromatic carbocycles. The van der Waals surface area contributed by atoms with E-state index in [1.807, 2.05) is 43.9 Å². The number of hydrogen-bond donors (Lipinski definition) is 3. The second-order valence-corrected chi connectivity index (χ2v) is 9.58. The number of nitrogens with zero attached hydrogens (tertiary/aromatic N) is 1. The second-order valence-electron chi connectivity index (χ2n) is 9.58. The third-order valence-electron chi connectivity index (χ3n) is 6.74. The third-order valence-corrected chi connectivity index (χ3v) is 6.74. The van der Waals surface area contributed by atoms with Gasteiger partial charge in [0.05, 0.1) is 11.3 Å². The third kappa shape index (κ3) is 4.71. The van der Waals surface area contributed by atoms with Crippen LogP contribution >= 0.6 is 0 Å². The molecular formula is C26H34N4O2. The highest BCUT2D eigenvalue weighted by Crippen LogP contribution is 2.36. The van der Waals surface area contributed by atoms with Gasteiger partial charge in [-0.2, -0.15) is 0 Å². The molecule has 0 bridgehead atoms. The fraction of sp³-hybridized carbons (Fsp3) is 0.462. The van der Waals surface area contributed by atoms with Crippen molar-refractivity contribution in [1.82, 2.24) is 21.1 Å². The average Bonchev–Trinajstić information content (AvgIpc) is 3.41. The van der Waals surface area contributed by atoms with Crippen LogP contribution in [0.3, 0.4) is 0 Å². The number of hydrogen-bond acceptors (Lipinski definition) is 4. The molecule has 0 aromatic heterocycles. The summed E-state index contributed by atoms with van der Waals surface area (Å²) in [7, 11) is 0. The first-order valence-electron chi connectivity index (χ1n) is 11.6. The largest absolute Gasteiger partial charge is 0.353 e. The van der Waals surface area contributed by atoms with Gasteiger partial charge < -0.3 is 10.2 Å². The maximum Gasteiger partial charge on any atom is 0.228 e. The molecule has 3 N–H and O–H groups in total. The summed E-state index contributed by atoms with van der Waals surface area (Å²) in [6.07, 6.45) is 1.31. The maximum atomic E-state index is 13.4. The van der Waals surface area contributed by atoms with Crippen molar-refractivity contribution in [2.24, 2.45) is 11.3 Å². The molecule has 170 valence electrons. The number of benzene rings is 2. The normalized spacial score (nSPS) is 25.3. The SMILES string of the molecule is CC(C)NC(=O)C1(Cc2ccc(-c3ccccc3)cc2)CCN(C(=O)C2CNNC2C)C1. The van der Waals surface area contributed by atoms with Gasteiger partial charge in [-0.05, 0) is 50.3 Å². The van der Waals surface area contributed by atoms with Crippen LogP contribution in [0.2, 0.25) is 0 Å². The summed E-state index contributed by atoms with van der Waals surface area (Å²) in [5.41, 5.74) is 9.06. The predicted molar refractivity (Wildman–Crippen MR) is 127 cm³/mol. The first-order chi connectivity index (χ1) is 15.4. The van der Waals surface area contributed by atoms with E-state index in [0.29, 0.717) is 32.5 Å². The fourth-order valence-electron chi connectivity index (χ4n) is 4.87. The van der Waals surface area contributed by atoms with Crippen molar-refractivity contribution in [1.29, 1.82) is 0 Å². The van der Waals surface area contributed by atoms with Crippen LogP contribution < -0.4 is 16.2 Å². The molecule has 6 heteroatoms. The topological polar surface area (TPSA) is 73.5 Å². The molecule has 3 atom stereocenters. The van der Waals surface area contributed by atoms with E-state index in [9.17, 15) is 9.59 Å².